The second-order valence-corrected chi connectivity index (χ2v) is 11.4. The number of nitrogens with one attached hydrogen (secondary N) is 1. The van der Waals surface area contributed by atoms with Gasteiger partial charge in [0.25, 0.3) is 0 Å². The minimum absolute atomic E-state index is 0. The van der Waals surface area contributed by atoms with Crippen molar-refractivity contribution in [2.45, 2.75) is 42.9 Å². The molecule has 1 aliphatic heterocycles. The second-order valence-electron chi connectivity index (χ2n) is 8.47. The highest BCUT2D eigenvalue weighted by atomic mass is 32.2. The Kier molecular flexibility index (Phi) is 12.1. The molecule has 2 aromatic heterocycles. The van der Waals surface area contributed by atoms with Crippen LogP contribution in [0.25, 0.3) is 11.0 Å². The maximum Gasteiger partial charge on any atom is 0.414 e. The summed E-state index contributed by atoms with van der Waals surface area (Å²) in [4.78, 5) is 32.6. The molecule has 11 nitrogen and oxygen atoms in total. The standard InChI is InChI=1S/C22H26FN3O3S2.C2H2O4.H2O/c1-15(27)24-14-18-4-6-21(30-18)31(28)12-2-9-26-10-7-16(8-11-26)22-19-5-3-17(23)13-20(19)29-25-22;3-1(4)2(5)6;/h3-6,13,16H,2,7-12,14H2,1H3,(H,24,27);(H,3,4)(H,5,6);1H2. The minimum atomic E-state index is -1.82. The van der Waals surface area contributed by atoms with E-state index in [2.05, 4.69) is 15.4 Å². The summed E-state index contributed by atoms with van der Waals surface area (Å²) in [5.41, 5.74) is 1.44. The molecule has 1 saturated heterocycles. The van der Waals surface area contributed by atoms with Crippen LogP contribution in [0.2, 0.25) is 0 Å². The topological polar surface area (TPSA) is 188 Å². The molecule has 1 atom stereocenters. The maximum atomic E-state index is 13.4. The number of carboxylic acid groups (broad SMARTS) is 2. The summed E-state index contributed by atoms with van der Waals surface area (Å²) in [6.45, 7) is 4.83. The van der Waals surface area contributed by atoms with Crippen molar-refractivity contribution in [2.75, 3.05) is 25.4 Å². The van der Waals surface area contributed by atoms with Crippen molar-refractivity contribution in [2.24, 2.45) is 0 Å². The van der Waals surface area contributed by atoms with Crippen LogP contribution in [0.4, 0.5) is 4.39 Å². The van der Waals surface area contributed by atoms with Crippen molar-refractivity contribution in [1.82, 2.24) is 15.4 Å². The van der Waals surface area contributed by atoms with Crippen LogP contribution < -0.4 is 5.32 Å². The number of thiophene rings is 1. The number of hydrogen-bond donors (Lipinski definition) is 3. The first-order valence-electron chi connectivity index (χ1n) is 11.6. The third kappa shape index (κ3) is 9.06. The number of rotatable bonds is 8. The summed E-state index contributed by atoms with van der Waals surface area (Å²) < 4.78 is 32.1. The summed E-state index contributed by atoms with van der Waals surface area (Å²) in [5, 5.41) is 22.7. The summed E-state index contributed by atoms with van der Waals surface area (Å²) >= 11 is 0.498. The predicted molar refractivity (Wildman–Crippen MR) is 139 cm³/mol. The zero-order valence-electron chi connectivity index (χ0n) is 20.6. The first kappa shape index (κ1) is 31.2. The third-order valence-electron chi connectivity index (χ3n) is 5.80. The van der Waals surface area contributed by atoms with E-state index in [4.69, 9.17) is 24.3 Å². The Morgan fingerprint density at radius 2 is 1.89 bits per heavy atom. The molecule has 1 amide bonds. The van der Waals surface area contributed by atoms with E-state index in [1.807, 2.05) is 12.1 Å². The number of carbonyl (C=O) groups excluding carboxylic acids is 1. The fourth-order valence-corrected chi connectivity index (χ4v) is 6.39. The van der Waals surface area contributed by atoms with Crippen molar-refractivity contribution in [1.29, 1.82) is 0 Å². The molecule has 3 heterocycles. The van der Waals surface area contributed by atoms with Crippen molar-refractivity contribution < 1.29 is 43.5 Å². The zero-order chi connectivity index (χ0) is 26.9. The SMILES string of the molecule is CC(=O)NCc1ccc([S+]([O-])CCCN2CCC(c3noc4cc(F)ccc34)CC2)s1.O.O=C(O)C(=O)O. The largest absolute Gasteiger partial charge is 0.611 e. The van der Waals surface area contributed by atoms with Gasteiger partial charge in [-0.1, -0.05) is 16.5 Å². The Labute approximate surface area is 225 Å². The number of piperidine rings is 1. The van der Waals surface area contributed by atoms with Crippen LogP contribution in [0.5, 0.6) is 0 Å². The monoisotopic (exact) mass is 571 g/mol. The van der Waals surface area contributed by atoms with E-state index >= 15 is 0 Å². The Balaban J connectivity index is 0.000000652. The van der Waals surface area contributed by atoms with E-state index in [0.29, 0.717) is 23.8 Å². The predicted octanol–water partition coefficient (Wildman–Crippen LogP) is 2.37. The molecule has 38 heavy (non-hydrogen) atoms. The number of fused-ring (bicyclic) bond motifs is 1. The number of halogens is 1. The average Bonchev–Trinajstić information content (AvgIpc) is 3.50. The van der Waals surface area contributed by atoms with Crippen LogP contribution in [-0.2, 0) is 32.1 Å². The van der Waals surface area contributed by atoms with Crippen molar-refractivity contribution in [3.63, 3.8) is 0 Å². The third-order valence-corrected chi connectivity index (χ3v) is 8.73. The van der Waals surface area contributed by atoms with E-state index in [9.17, 15) is 13.7 Å². The molecule has 5 N–H and O–H groups in total. The molecule has 1 unspecified atom stereocenters. The number of amides is 1. The second kappa shape index (κ2) is 14.8. The lowest BCUT2D eigenvalue weighted by atomic mass is 9.91. The number of likely N-dealkylation sites (tertiary alicyclic amines) is 1. The Bertz CT molecular complexity index is 1210. The van der Waals surface area contributed by atoms with Gasteiger partial charge < -0.3 is 35.0 Å². The van der Waals surface area contributed by atoms with Crippen LogP contribution >= 0.6 is 11.3 Å². The average molecular weight is 572 g/mol. The van der Waals surface area contributed by atoms with Crippen molar-refractivity contribution in [3.05, 3.63) is 46.7 Å². The zero-order valence-corrected chi connectivity index (χ0v) is 22.3. The molecular formula is C24H30FN3O8S2. The number of aromatic nitrogens is 1. The maximum absolute atomic E-state index is 13.4. The molecule has 1 fully saturated rings. The van der Waals surface area contributed by atoms with Gasteiger partial charge in [0.15, 0.2) is 5.58 Å². The summed E-state index contributed by atoms with van der Waals surface area (Å²) in [5.74, 6) is -3.06. The summed E-state index contributed by atoms with van der Waals surface area (Å²) in [7, 11) is 0. The van der Waals surface area contributed by atoms with Gasteiger partial charge in [-0.25, -0.2) is 14.0 Å². The Morgan fingerprint density at radius 3 is 2.53 bits per heavy atom. The molecule has 4 rings (SSSR count). The Hall–Kier alpha value is -3.04. The normalized spacial score (nSPS) is 14.7. The molecule has 208 valence electrons. The molecule has 14 heteroatoms. The molecule has 0 aliphatic carbocycles. The van der Waals surface area contributed by atoms with Crippen LogP contribution in [0.3, 0.4) is 0 Å². The van der Waals surface area contributed by atoms with Crippen LogP contribution in [0.1, 0.15) is 42.7 Å². The number of hydrogen-bond acceptors (Lipinski definition) is 8. The first-order valence-corrected chi connectivity index (χ1v) is 13.7. The van der Waals surface area contributed by atoms with Gasteiger partial charge in [-0.3, -0.25) is 4.79 Å². The van der Waals surface area contributed by atoms with E-state index in [1.165, 1.54) is 30.4 Å². The molecule has 0 radical (unpaired) electrons. The van der Waals surface area contributed by atoms with Gasteiger partial charge >= 0.3 is 11.9 Å². The highest BCUT2D eigenvalue weighted by Crippen LogP contribution is 2.33. The van der Waals surface area contributed by atoms with Crippen LogP contribution in [-0.4, -0.2) is 73.5 Å². The highest BCUT2D eigenvalue weighted by molar-refractivity contribution is 7.93. The lowest BCUT2D eigenvalue weighted by Gasteiger charge is -2.31. The summed E-state index contributed by atoms with van der Waals surface area (Å²) in [6, 6.07) is 8.43. The first-order chi connectivity index (χ1) is 17.6. The van der Waals surface area contributed by atoms with Gasteiger partial charge in [0.1, 0.15) is 11.6 Å². The van der Waals surface area contributed by atoms with Gasteiger partial charge in [-0.15, -0.1) is 0 Å². The van der Waals surface area contributed by atoms with Gasteiger partial charge in [0.05, 0.1) is 12.2 Å². The number of nitrogens with zero attached hydrogens (tertiary/aromatic N) is 2. The lowest BCUT2D eigenvalue weighted by Crippen LogP contribution is -2.34. The molecule has 1 aromatic carbocycles. The number of carboxylic acids is 2. The van der Waals surface area contributed by atoms with Gasteiger partial charge in [0.2, 0.25) is 10.1 Å². The van der Waals surface area contributed by atoms with Crippen molar-refractivity contribution >= 4 is 51.3 Å². The molecule has 0 spiro atoms. The molecular weight excluding hydrogens is 541 g/mol. The fraction of sp³-hybridized carbons (Fsp3) is 0.417. The highest BCUT2D eigenvalue weighted by Gasteiger charge is 2.25. The number of benzene rings is 1. The van der Waals surface area contributed by atoms with E-state index in [1.54, 1.807) is 6.07 Å². The lowest BCUT2D eigenvalue weighted by molar-refractivity contribution is -0.159. The van der Waals surface area contributed by atoms with Gasteiger partial charge in [-0.05, 0) is 55.3 Å². The molecule has 3 aromatic rings. The quantitative estimate of drug-likeness (QED) is 0.269. The van der Waals surface area contributed by atoms with E-state index in [-0.39, 0.29) is 17.2 Å². The molecule has 1 aliphatic rings. The molecule has 0 bridgehead atoms. The Morgan fingerprint density at radius 1 is 1.21 bits per heavy atom. The summed E-state index contributed by atoms with van der Waals surface area (Å²) in [6.07, 6.45) is 2.85. The number of carbonyl (C=O) groups is 3. The van der Waals surface area contributed by atoms with Gasteiger partial charge in [0, 0.05) is 48.2 Å². The molecule has 0 saturated carbocycles. The van der Waals surface area contributed by atoms with Crippen LogP contribution in [0, 0.1) is 5.82 Å². The van der Waals surface area contributed by atoms with Gasteiger partial charge in [-0.2, -0.15) is 0 Å². The van der Waals surface area contributed by atoms with Crippen LogP contribution in [0.15, 0.2) is 39.1 Å². The fourth-order valence-electron chi connectivity index (χ4n) is 3.96. The van der Waals surface area contributed by atoms with E-state index < -0.39 is 23.1 Å². The number of aliphatic carboxylic acids is 2. The van der Waals surface area contributed by atoms with E-state index in [0.717, 1.165) is 59.1 Å². The minimum Gasteiger partial charge on any atom is -0.611 e. The van der Waals surface area contributed by atoms with Crippen molar-refractivity contribution in [3.8, 4) is 0 Å². The smallest absolute Gasteiger partial charge is 0.414 e.